The maximum atomic E-state index is 9.28. The molecule has 0 radical (unpaired) electrons. The molecular weight excluding hydrogens is 254 g/mol. The Morgan fingerprint density at radius 3 is 2.35 bits per heavy atom. The highest BCUT2D eigenvalue weighted by atomic mass is 16.7. The average Bonchev–Trinajstić information content (AvgIpc) is 2.94. The van der Waals surface area contributed by atoms with Gasteiger partial charge in [0.25, 0.3) is 0 Å². The summed E-state index contributed by atoms with van der Waals surface area (Å²) in [4.78, 5) is 2.05. The number of rotatable bonds is 1. The number of nitrogens with zero attached hydrogens (tertiary/aromatic N) is 3. The molecule has 1 aromatic rings. The first kappa shape index (κ1) is 12.9. The number of piperidine rings is 1. The summed E-state index contributed by atoms with van der Waals surface area (Å²) in [6.07, 6.45) is 1.78. The molecule has 0 unspecified atom stereocenters. The minimum atomic E-state index is -0.562. The van der Waals surface area contributed by atoms with E-state index < -0.39 is 5.79 Å². The number of anilines is 1. The smallest absolute Gasteiger partial charge is 0.186 e. The molecule has 0 N–H and O–H groups in total. The first-order chi connectivity index (χ1) is 9.78. The van der Waals surface area contributed by atoms with E-state index in [0.717, 1.165) is 19.4 Å². The van der Waals surface area contributed by atoms with Crippen LogP contribution in [0, 0.1) is 22.7 Å². The summed E-state index contributed by atoms with van der Waals surface area (Å²) >= 11 is 0. The third-order valence-corrected chi connectivity index (χ3v) is 3.82. The molecule has 0 atom stereocenters. The maximum absolute atomic E-state index is 9.28. The molecule has 0 bridgehead atoms. The second-order valence-electron chi connectivity index (χ2n) is 5.06. The fraction of sp³-hybridized carbons (Fsp3) is 0.467. The number of nitriles is 2. The van der Waals surface area contributed by atoms with E-state index in [-0.39, 0.29) is 0 Å². The van der Waals surface area contributed by atoms with Crippen molar-refractivity contribution in [3.05, 3.63) is 29.3 Å². The van der Waals surface area contributed by atoms with E-state index in [9.17, 15) is 10.5 Å². The van der Waals surface area contributed by atoms with Gasteiger partial charge in [0.2, 0.25) is 0 Å². The van der Waals surface area contributed by atoms with E-state index in [1.807, 2.05) is 4.90 Å². The molecule has 2 aliphatic rings. The fourth-order valence-electron chi connectivity index (χ4n) is 2.98. The minimum Gasteiger partial charge on any atom is -0.364 e. The van der Waals surface area contributed by atoms with Gasteiger partial charge < -0.3 is 14.4 Å². The zero-order valence-electron chi connectivity index (χ0n) is 11.1. The standard InChI is InChI=1S/C15H15N3O2/c16-9-12-3-1-4-13(10-17)14(12)18-6-2-5-15(11-18)19-7-8-20-15/h1,3-4H,2,5-8,11H2. The van der Waals surface area contributed by atoms with Crippen molar-refractivity contribution < 1.29 is 9.47 Å². The van der Waals surface area contributed by atoms with Gasteiger partial charge in [0.1, 0.15) is 12.1 Å². The summed E-state index contributed by atoms with van der Waals surface area (Å²) in [6, 6.07) is 9.57. The van der Waals surface area contributed by atoms with Crippen molar-refractivity contribution in [2.45, 2.75) is 18.6 Å². The van der Waals surface area contributed by atoms with Crippen LogP contribution in [0.2, 0.25) is 0 Å². The molecule has 2 aliphatic heterocycles. The van der Waals surface area contributed by atoms with E-state index >= 15 is 0 Å². The Labute approximate surface area is 117 Å². The van der Waals surface area contributed by atoms with Gasteiger partial charge in [0.15, 0.2) is 5.79 Å². The van der Waals surface area contributed by atoms with Crippen molar-refractivity contribution in [3.63, 3.8) is 0 Å². The van der Waals surface area contributed by atoms with Crippen LogP contribution in [0.15, 0.2) is 18.2 Å². The van der Waals surface area contributed by atoms with Gasteiger partial charge in [-0.15, -0.1) is 0 Å². The highest BCUT2D eigenvalue weighted by Crippen LogP contribution is 2.35. The zero-order chi connectivity index (χ0) is 14.0. The normalized spacial score (nSPS) is 20.6. The molecule has 2 fully saturated rings. The molecule has 102 valence electrons. The van der Waals surface area contributed by atoms with Crippen LogP contribution in [-0.2, 0) is 9.47 Å². The van der Waals surface area contributed by atoms with Crippen molar-refractivity contribution >= 4 is 5.69 Å². The van der Waals surface area contributed by atoms with Crippen LogP contribution in [0.4, 0.5) is 5.69 Å². The molecule has 0 amide bonds. The van der Waals surface area contributed by atoms with E-state index in [1.54, 1.807) is 18.2 Å². The third-order valence-electron chi connectivity index (χ3n) is 3.82. The topological polar surface area (TPSA) is 69.3 Å². The quantitative estimate of drug-likeness (QED) is 0.777. The number of para-hydroxylation sites is 1. The molecule has 0 aliphatic carbocycles. The molecule has 3 rings (SSSR count). The zero-order valence-corrected chi connectivity index (χ0v) is 11.1. The van der Waals surface area contributed by atoms with Gasteiger partial charge in [0.05, 0.1) is 36.6 Å². The average molecular weight is 269 g/mol. The molecule has 5 nitrogen and oxygen atoms in total. The Kier molecular flexibility index (Phi) is 3.31. The largest absolute Gasteiger partial charge is 0.364 e. The Balaban J connectivity index is 1.97. The van der Waals surface area contributed by atoms with Crippen molar-refractivity contribution in [3.8, 4) is 12.1 Å². The number of hydrogen-bond acceptors (Lipinski definition) is 5. The summed E-state index contributed by atoms with van der Waals surface area (Å²) in [5.74, 6) is -0.562. The SMILES string of the molecule is N#Cc1cccc(C#N)c1N1CCCC2(C1)OCCO2. The van der Waals surface area contributed by atoms with E-state index in [2.05, 4.69) is 12.1 Å². The fourth-order valence-corrected chi connectivity index (χ4v) is 2.98. The maximum Gasteiger partial charge on any atom is 0.186 e. The van der Waals surface area contributed by atoms with Crippen LogP contribution in [0.3, 0.4) is 0 Å². The van der Waals surface area contributed by atoms with Crippen LogP contribution < -0.4 is 4.90 Å². The molecule has 20 heavy (non-hydrogen) atoms. The van der Waals surface area contributed by atoms with Gasteiger partial charge >= 0.3 is 0 Å². The predicted molar refractivity (Wildman–Crippen MR) is 72.0 cm³/mol. The van der Waals surface area contributed by atoms with Crippen LogP contribution in [0.25, 0.3) is 0 Å². The van der Waals surface area contributed by atoms with Crippen LogP contribution in [0.1, 0.15) is 24.0 Å². The van der Waals surface area contributed by atoms with Crippen molar-refractivity contribution in [2.24, 2.45) is 0 Å². The molecule has 5 heteroatoms. The molecule has 1 spiro atoms. The van der Waals surface area contributed by atoms with Gasteiger partial charge in [-0.05, 0) is 18.6 Å². The molecule has 1 aromatic carbocycles. The lowest BCUT2D eigenvalue weighted by molar-refractivity contribution is -0.161. The van der Waals surface area contributed by atoms with E-state index in [1.165, 1.54) is 0 Å². The molecule has 0 aromatic heterocycles. The first-order valence-corrected chi connectivity index (χ1v) is 6.74. The number of hydrogen-bond donors (Lipinski definition) is 0. The highest BCUT2D eigenvalue weighted by molar-refractivity contribution is 5.68. The Bertz CT molecular complexity index is 562. The van der Waals surface area contributed by atoms with Gasteiger partial charge in [-0.3, -0.25) is 0 Å². The Morgan fingerprint density at radius 1 is 1.10 bits per heavy atom. The molecule has 0 saturated carbocycles. The van der Waals surface area contributed by atoms with E-state index in [4.69, 9.17) is 9.47 Å². The second-order valence-corrected chi connectivity index (χ2v) is 5.06. The highest BCUT2D eigenvalue weighted by Gasteiger charge is 2.41. The molecular formula is C15H15N3O2. The Morgan fingerprint density at radius 2 is 1.75 bits per heavy atom. The Hall–Kier alpha value is -2.08. The van der Waals surface area contributed by atoms with Gasteiger partial charge in [-0.2, -0.15) is 10.5 Å². The summed E-state index contributed by atoms with van der Waals surface area (Å²) in [5, 5.41) is 18.6. The first-order valence-electron chi connectivity index (χ1n) is 6.74. The lowest BCUT2D eigenvalue weighted by Gasteiger charge is -2.40. The number of benzene rings is 1. The summed E-state index contributed by atoms with van der Waals surface area (Å²) in [5.41, 5.74) is 1.76. The van der Waals surface area contributed by atoms with Gasteiger partial charge in [-0.1, -0.05) is 6.07 Å². The summed E-state index contributed by atoms with van der Waals surface area (Å²) in [7, 11) is 0. The monoisotopic (exact) mass is 269 g/mol. The van der Waals surface area contributed by atoms with E-state index in [0.29, 0.717) is 36.6 Å². The van der Waals surface area contributed by atoms with Gasteiger partial charge in [0, 0.05) is 13.0 Å². The number of ether oxygens (including phenoxy) is 2. The second kappa shape index (κ2) is 5.13. The lowest BCUT2D eigenvalue weighted by Crippen LogP contribution is -2.49. The van der Waals surface area contributed by atoms with Crippen molar-refractivity contribution in [1.82, 2.24) is 0 Å². The summed E-state index contributed by atoms with van der Waals surface area (Å²) in [6.45, 7) is 2.60. The predicted octanol–water partition coefficient (Wildman–Crippen LogP) is 1.77. The minimum absolute atomic E-state index is 0.527. The van der Waals surface area contributed by atoms with Crippen molar-refractivity contribution in [2.75, 3.05) is 31.2 Å². The van der Waals surface area contributed by atoms with Crippen molar-refractivity contribution in [1.29, 1.82) is 10.5 Å². The van der Waals surface area contributed by atoms with Crippen LogP contribution in [0.5, 0.6) is 0 Å². The molecule has 2 heterocycles. The van der Waals surface area contributed by atoms with Gasteiger partial charge in [-0.25, -0.2) is 0 Å². The third kappa shape index (κ3) is 2.12. The molecule has 2 saturated heterocycles. The van der Waals surface area contributed by atoms with Crippen LogP contribution in [-0.4, -0.2) is 32.1 Å². The lowest BCUT2D eigenvalue weighted by atomic mass is 10.0. The summed E-state index contributed by atoms with van der Waals surface area (Å²) < 4.78 is 11.5. The van der Waals surface area contributed by atoms with Crippen LogP contribution >= 0.6 is 0 Å².